The van der Waals surface area contributed by atoms with Crippen LogP contribution in [0.4, 0.5) is 5.69 Å². The van der Waals surface area contributed by atoms with Crippen molar-refractivity contribution in [3.05, 3.63) is 76.6 Å². The van der Waals surface area contributed by atoms with Gasteiger partial charge in [-0.25, -0.2) is 9.97 Å². The molecule has 3 N–H and O–H groups in total. The number of anilines is 1. The van der Waals surface area contributed by atoms with Gasteiger partial charge in [0, 0.05) is 60.7 Å². The number of amides is 1. The maximum Gasteiger partial charge on any atom is 0.248 e. The number of piperazine rings is 1. The van der Waals surface area contributed by atoms with E-state index < -0.39 is 5.91 Å². The molecule has 0 saturated carbocycles. The number of carbonyl (C=O) groups excluding carboxylic acids is 1. The standard InChI is InChI=1S/C28H32N6O/c1-17-18(2)23(27(29)35)10-9-22(17)19(3)24-15-30-28-26(24)32-25(16-31-28)20-5-7-21(8-6-20)34-13-11-33(4)12-14-34/h5-10,15-16,19H,11-14H2,1-4H3,(H2,29,35)(H,30,31). The lowest BCUT2D eigenvalue weighted by Crippen LogP contribution is -2.44. The number of rotatable bonds is 5. The summed E-state index contributed by atoms with van der Waals surface area (Å²) in [6, 6.07) is 12.5. The number of H-pyrrole nitrogens is 1. The number of fused-ring (bicyclic) bond motifs is 1. The molecule has 4 aromatic rings. The Morgan fingerprint density at radius 2 is 1.71 bits per heavy atom. The SMILES string of the molecule is Cc1c(C(N)=O)ccc(C(C)c2c[nH]c3ncc(-c4ccc(N5CCN(C)CC5)cc4)nc23)c1C. The number of likely N-dealkylation sites (N-methyl/N-ethyl adjacent to an activating group) is 1. The molecule has 0 bridgehead atoms. The van der Waals surface area contributed by atoms with E-state index >= 15 is 0 Å². The highest BCUT2D eigenvalue weighted by Crippen LogP contribution is 2.33. The van der Waals surface area contributed by atoms with Gasteiger partial charge in [0.25, 0.3) is 0 Å². The Kier molecular flexibility index (Phi) is 6.03. The topological polar surface area (TPSA) is 91.1 Å². The third kappa shape index (κ3) is 4.28. The maximum absolute atomic E-state index is 11.7. The molecule has 7 heteroatoms. The van der Waals surface area contributed by atoms with Crippen molar-refractivity contribution in [3.8, 4) is 11.3 Å². The van der Waals surface area contributed by atoms with Crippen LogP contribution in [-0.2, 0) is 0 Å². The van der Waals surface area contributed by atoms with Gasteiger partial charge in [-0.3, -0.25) is 4.79 Å². The van der Waals surface area contributed by atoms with Gasteiger partial charge >= 0.3 is 0 Å². The summed E-state index contributed by atoms with van der Waals surface area (Å²) in [5.74, 6) is -0.320. The van der Waals surface area contributed by atoms with Gasteiger partial charge < -0.3 is 20.5 Å². The van der Waals surface area contributed by atoms with Crippen LogP contribution in [0.1, 0.15) is 45.5 Å². The Balaban J connectivity index is 1.45. The average Bonchev–Trinajstić information content (AvgIpc) is 3.29. The fourth-order valence-corrected chi connectivity index (χ4v) is 5.03. The van der Waals surface area contributed by atoms with E-state index in [9.17, 15) is 4.79 Å². The van der Waals surface area contributed by atoms with Gasteiger partial charge in [0.2, 0.25) is 5.91 Å². The molecule has 1 atom stereocenters. The minimum atomic E-state index is -0.397. The van der Waals surface area contributed by atoms with Gasteiger partial charge in [-0.15, -0.1) is 0 Å². The lowest BCUT2D eigenvalue weighted by Gasteiger charge is -2.34. The first kappa shape index (κ1) is 23.1. The smallest absolute Gasteiger partial charge is 0.248 e. The van der Waals surface area contributed by atoms with Crippen molar-refractivity contribution in [2.24, 2.45) is 5.73 Å². The Morgan fingerprint density at radius 3 is 2.40 bits per heavy atom. The molecule has 1 aliphatic heterocycles. The maximum atomic E-state index is 11.7. The molecular weight excluding hydrogens is 436 g/mol. The van der Waals surface area contributed by atoms with Crippen LogP contribution in [0, 0.1) is 13.8 Å². The lowest BCUT2D eigenvalue weighted by molar-refractivity contribution is 0.0999. The van der Waals surface area contributed by atoms with Crippen LogP contribution in [0.3, 0.4) is 0 Å². The van der Waals surface area contributed by atoms with Crippen LogP contribution < -0.4 is 10.6 Å². The number of nitrogens with two attached hydrogens (primary N) is 1. The quantitative estimate of drug-likeness (QED) is 0.457. The van der Waals surface area contributed by atoms with Crippen molar-refractivity contribution < 1.29 is 4.79 Å². The van der Waals surface area contributed by atoms with Crippen LogP contribution in [0.25, 0.3) is 22.4 Å². The number of aromatic nitrogens is 3. The van der Waals surface area contributed by atoms with Crippen molar-refractivity contribution in [2.45, 2.75) is 26.7 Å². The Bertz CT molecular complexity index is 1380. The fourth-order valence-electron chi connectivity index (χ4n) is 5.03. The third-order valence-corrected chi connectivity index (χ3v) is 7.47. The number of hydrogen-bond acceptors (Lipinski definition) is 5. The Morgan fingerprint density at radius 1 is 1.00 bits per heavy atom. The van der Waals surface area contributed by atoms with Crippen LogP contribution >= 0.6 is 0 Å². The number of hydrogen-bond donors (Lipinski definition) is 2. The summed E-state index contributed by atoms with van der Waals surface area (Å²) >= 11 is 0. The minimum absolute atomic E-state index is 0.0773. The molecule has 3 heterocycles. The van der Waals surface area contributed by atoms with E-state index in [0.29, 0.717) is 5.56 Å². The number of primary amides is 1. The zero-order chi connectivity index (χ0) is 24.7. The van der Waals surface area contributed by atoms with E-state index in [4.69, 9.17) is 10.7 Å². The van der Waals surface area contributed by atoms with Crippen molar-refractivity contribution in [1.82, 2.24) is 19.9 Å². The van der Waals surface area contributed by atoms with Gasteiger partial charge in [-0.2, -0.15) is 0 Å². The second-order valence-corrected chi connectivity index (χ2v) is 9.57. The van der Waals surface area contributed by atoms with E-state index in [1.54, 1.807) is 0 Å². The molecule has 2 aromatic heterocycles. The summed E-state index contributed by atoms with van der Waals surface area (Å²) in [5, 5.41) is 0. The second-order valence-electron chi connectivity index (χ2n) is 9.57. The summed E-state index contributed by atoms with van der Waals surface area (Å²) in [5.41, 5.74) is 15.1. The van der Waals surface area contributed by atoms with Crippen molar-refractivity contribution in [1.29, 1.82) is 0 Å². The molecule has 1 fully saturated rings. The van der Waals surface area contributed by atoms with E-state index in [1.807, 2.05) is 38.4 Å². The molecule has 0 spiro atoms. The van der Waals surface area contributed by atoms with Gasteiger partial charge in [0.15, 0.2) is 5.65 Å². The molecule has 180 valence electrons. The summed E-state index contributed by atoms with van der Waals surface area (Å²) in [6.07, 6.45) is 3.82. The normalized spacial score (nSPS) is 15.5. The van der Waals surface area contributed by atoms with Crippen molar-refractivity contribution in [2.75, 3.05) is 38.1 Å². The molecule has 7 nitrogen and oxygen atoms in total. The van der Waals surface area contributed by atoms with E-state index in [2.05, 4.69) is 58.0 Å². The molecular formula is C28H32N6O. The molecule has 1 aliphatic rings. The largest absolute Gasteiger partial charge is 0.369 e. The van der Waals surface area contributed by atoms with Crippen molar-refractivity contribution >= 4 is 22.8 Å². The lowest BCUT2D eigenvalue weighted by atomic mass is 9.87. The van der Waals surface area contributed by atoms with Crippen LogP contribution in [-0.4, -0.2) is 59.0 Å². The predicted octanol–water partition coefficient (Wildman–Crippen LogP) is 4.24. The van der Waals surface area contributed by atoms with Crippen LogP contribution in [0.5, 0.6) is 0 Å². The molecule has 5 rings (SSSR count). The minimum Gasteiger partial charge on any atom is -0.369 e. The monoisotopic (exact) mass is 468 g/mol. The van der Waals surface area contributed by atoms with Gasteiger partial charge in [0.05, 0.1) is 11.9 Å². The molecule has 1 unspecified atom stereocenters. The van der Waals surface area contributed by atoms with E-state index in [-0.39, 0.29) is 5.92 Å². The molecule has 1 saturated heterocycles. The number of nitrogens with zero attached hydrogens (tertiary/aromatic N) is 4. The zero-order valence-electron chi connectivity index (χ0n) is 20.8. The van der Waals surface area contributed by atoms with E-state index in [0.717, 1.165) is 70.9 Å². The first-order valence-electron chi connectivity index (χ1n) is 12.1. The molecule has 1 amide bonds. The highest BCUT2D eigenvalue weighted by atomic mass is 16.1. The molecule has 0 radical (unpaired) electrons. The summed E-state index contributed by atoms with van der Waals surface area (Å²) < 4.78 is 0. The third-order valence-electron chi connectivity index (χ3n) is 7.47. The van der Waals surface area contributed by atoms with Gasteiger partial charge in [-0.05, 0) is 55.8 Å². The fraction of sp³-hybridized carbons (Fsp3) is 0.321. The number of benzene rings is 2. The summed E-state index contributed by atoms with van der Waals surface area (Å²) in [4.78, 5) is 29.5. The summed E-state index contributed by atoms with van der Waals surface area (Å²) in [6.45, 7) is 10.4. The second kappa shape index (κ2) is 9.15. The predicted molar refractivity (Wildman–Crippen MR) is 141 cm³/mol. The van der Waals surface area contributed by atoms with Gasteiger partial charge in [-0.1, -0.05) is 25.1 Å². The average molecular weight is 469 g/mol. The number of carbonyl (C=O) groups is 1. The van der Waals surface area contributed by atoms with E-state index in [1.165, 1.54) is 5.69 Å². The highest BCUT2D eigenvalue weighted by Gasteiger charge is 2.20. The Hall–Kier alpha value is -3.71. The summed E-state index contributed by atoms with van der Waals surface area (Å²) in [7, 11) is 2.17. The number of nitrogens with one attached hydrogen (secondary N) is 1. The molecule has 2 aromatic carbocycles. The highest BCUT2D eigenvalue weighted by molar-refractivity contribution is 5.94. The van der Waals surface area contributed by atoms with Crippen molar-refractivity contribution in [3.63, 3.8) is 0 Å². The first-order chi connectivity index (χ1) is 16.8. The first-order valence-corrected chi connectivity index (χ1v) is 12.1. The zero-order valence-corrected chi connectivity index (χ0v) is 20.8. The Labute approximate surface area is 206 Å². The van der Waals surface area contributed by atoms with Crippen LogP contribution in [0.15, 0.2) is 48.8 Å². The van der Waals surface area contributed by atoms with Gasteiger partial charge in [0.1, 0.15) is 5.52 Å². The molecule has 35 heavy (non-hydrogen) atoms. The molecule has 0 aliphatic carbocycles. The number of aromatic amines is 1. The van der Waals surface area contributed by atoms with Crippen LogP contribution in [0.2, 0.25) is 0 Å².